The van der Waals surface area contributed by atoms with Gasteiger partial charge in [-0.25, -0.2) is 0 Å². The number of nitrogens with zero attached hydrogens (tertiary/aromatic N) is 3. The maximum atomic E-state index is 12.8. The molecule has 1 aliphatic heterocycles. The molecule has 172 valence electrons. The fraction of sp³-hybridized carbons (Fsp3) is 0.550. The monoisotopic (exact) mass is 462 g/mol. The molecule has 11 heteroatoms. The molecule has 0 amide bonds. The third-order valence-electron chi connectivity index (χ3n) is 4.96. The molecule has 1 aromatic heterocycles. The molecule has 7 nitrogen and oxygen atoms in total. The topological polar surface area (TPSA) is 71.8 Å². The summed E-state index contributed by atoms with van der Waals surface area (Å²) >= 11 is 6.29. The van der Waals surface area contributed by atoms with E-state index in [2.05, 4.69) is 15.3 Å². The van der Waals surface area contributed by atoms with Crippen LogP contribution in [0, 0.1) is 0 Å². The number of aliphatic hydroxyl groups excluding tert-OH is 1. The molecule has 31 heavy (non-hydrogen) atoms. The molecule has 1 fully saturated rings. The highest BCUT2D eigenvalue weighted by Gasteiger charge is 2.35. The van der Waals surface area contributed by atoms with Gasteiger partial charge >= 0.3 is 6.18 Å². The van der Waals surface area contributed by atoms with E-state index in [-0.39, 0.29) is 12.2 Å². The summed E-state index contributed by atoms with van der Waals surface area (Å²) in [6, 6.07) is 6.04. The van der Waals surface area contributed by atoms with Crippen molar-refractivity contribution in [2.24, 2.45) is 7.05 Å². The van der Waals surface area contributed by atoms with Crippen molar-refractivity contribution in [1.82, 2.24) is 20.0 Å². The zero-order chi connectivity index (χ0) is 22.4. The first kappa shape index (κ1) is 23.8. The molecule has 0 radical (unpaired) electrons. The third-order valence-corrected chi connectivity index (χ3v) is 5.26. The minimum Gasteiger partial charge on any atom is -0.492 e. The highest BCUT2D eigenvalue weighted by molar-refractivity contribution is 6.32. The Hall–Kier alpha value is -1.85. The summed E-state index contributed by atoms with van der Waals surface area (Å²) in [4.78, 5) is 2.33. The number of hydrogen-bond donors (Lipinski definition) is 2. The number of rotatable bonds is 9. The van der Waals surface area contributed by atoms with Crippen molar-refractivity contribution >= 4 is 11.6 Å². The number of nitrogens with one attached hydrogen (secondary N) is 1. The Morgan fingerprint density at radius 1 is 1.29 bits per heavy atom. The van der Waals surface area contributed by atoms with Gasteiger partial charge in [-0.2, -0.15) is 18.3 Å². The van der Waals surface area contributed by atoms with Crippen LogP contribution in [0.15, 0.2) is 24.3 Å². The van der Waals surface area contributed by atoms with Crippen LogP contribution in [0.25, 0.3) is 0 Å². The van der Waals surface area contributed by atoms with Crippen LogP contribution < -0.4 is 10.1 Å². The Kier molecular flexibility index (Phi) is 8.17. The normalized spacial score (nSPS) is 16.5. The van der Waals surface area contributed by atoms with Crippen LogP contribution in [-0.2, 0) is 24.5 Å². The summed E-state index contributed by atoms with van der Waals surface area (Å²) in [5.41, 5.74) is -0.286. The minimum absolute atomic E-state index is 0.0126. The highest BCUT2D eigenvalue weighted by atomic mass is 35.5. The van der Waals surface area contributed by atoms with E-state index in [4.69, 9.17) is 21.1 Å². The Morgan fingerprint density at radius 2 is 2.03 bits per heavy atom. The summed E-state index contributed by atoms with van der Waals surface area (Å²) in [5.74, 6) is 0.564. The number of morpholine rings is 1. The lowest BCUT2D eigenvalue weighted by Crippen LogP contribution is -2.37. The first-order valence-electron chi connectivity index (χ1n) is 9.98. The lowest BCUT2D eigenvalue weighted by Gasteiger charge is -2.26. The van der Waals surface area contributed by atoms with Crippen molar-refractivity contribution < 1.29 is 27.8 Å². The van der Waals surface area contributed by atoms with E-state index in [1.807, 2.05) is 0 Å². The van der Waals surface area contributed by atoms with Gasteiger partial charge in [-0.15, -0.1) is 0 Å². The van der Waals surface area contributed by atoms with Crippen LogP contribution in [-0.4, -0.2) is 59.2 Å². The van der Waals surface area contributed by atoms with Gasteiger partial charge in [-0.1, -0.05) is 17.7 Å². The molecule has 0 bridgehead atoms. The predicted octanol–water partition coefficient (Wildman–Crippen LogP) is 2.97. The number of ether oxygens (including phenoxy) is 2. The SMILES string of the molecule is Cn1nc(C(F)(F)F)cc1C(O)NCc1ccc(OCCCN2CCOCC2)c(Cl)c1. The van der Waals surface area contributed by atoms with Crippen molar-refractivity contribution in [3.05, 3.63) is 46.2 Å². The van der Waals surface area contributed by atoms with Gasteiger partial charge in [-0.3, -0.25) is 14.9 Å². The Bertz CT molecular complexity index is 857. The molecule has 2 N–H and O–H groups in total. The summed E-state index contributed by atoms with van der Waals surface area (Å²) in [6.45, 7) is 5.07. The zero-order valence-corrected chi connectivity index (χ0v) is 17.9. The molecule has 1 aromatic carbocycles. The van der Waals surface area contributed by atoms with Gasteiger partial charge in [0.25, 0.3) is 0 Å². The molecule has 1 saturated heterocycles. The maximum Gasteiger partial charge on any atom is 0.435 e. The quantitative estimate of drug-likeness (QED) is 0.441. The number of halogens is 4. The molecule has 0 spiro atoms. The molecule has 0 aliphatic carbocycles. The smallest absolute Gasteiger partial charge is 0.435 e. The summed E-state index contributed by atoms with van der Waals surface area (Å²) in [7, 11) is 1.34. The van der Waals surface area contributed by atoms with Crippen LogP contribution in [0.4, 0.5) is 13.2 Å². The van der Waals surface area contributed by atoms with Gasteiger partial charge in [-0.05, 0) is 30.2 Å². The fourth-order valence-electron chi connectivity index (χ4n) is 3.26. The average molecular weight is 463 g/mol. The Balaban J connectivity index is 1.47. The number of aliphatic hydroxyl groups is 1. The third kappa shape index (κ3) is 6.81. The number of aryl methyl sites for hydroxylation is 1. The van der Waals surface area contributed by atoms with E-state index in [0.29, 0.717) is 17.4 Å². The molecule has 0 saturated carbocycles. The van der Waals surface area contributed by atoms with Gasteiger partial charge in [0.1, 0.15) is 12.0 Å². The first-order valence-corrected chi connectivity index (χ1v) is 10.4. The number of alkyl halides is 3. The first-order chi connectivity index (χ1) is 14.7. The van der Waals surface area contributed by atoms with Crippen molar-refractivity contribution in [3.63, 3.8) is 0 Å². The Morgan fingerprint density at radius 3 is 2.68 bits per heavy atom. The number of aromatic nitrogens is 2. The largest absolute Gasteiger partial charge is 0.492 e. The molecule has 3 rings (SSSR count). The zero-order valence-electron chi connectivity index (χ0n) is 17.2. The van der Waals surface area contributed by atoms with E-state index >= 15 is 0 Å². The van der Waals surface area contributed by atoms with Gasteiger partial charge < -0.3 is 14.6 Å². The van der Waals surface area contributed by atoms with Crippen LogP contribution in [0.1, 0.15) is 29.6 Å². The predicted molar refractivity (Wildman–Crippen MR) is 109 cm³/mol. The molecule has 1 atom stereocenters. The lowest BCUT2D eigenvalue weighted by atomic mass is 10.2. The number of hydrogen-bond acceptors (Lipinski definition) is 6. The van der Waals surface area contributed by atoms with Gasteiger partial charge in [0.15, 0.2) is 5.69 Å². The lowest BCUT2D eigenvalue weighted by molar-refractivity contribution is -0.141. The minimum atomic E-state index is -4.57. The van der Waals surface area contributed by atoms with Crippen molar-refractivity contribution in [3.8, 4) is 5.75 Å². The van der Waals surface area contributed by atoms with Crippen LogP contribution in [0.5, 0.6) is 5.75 Å². The van der Waals surface area contributed by atoms with E-state index in [1.54, 1.807) is 18.2 Å². The fourth-order valence-corrected chi connectivity index (χ4v) is 3.52. The molecule has 1 unspecified atom stereocenters. The van der Waals surface area contributed by atoms with Gasteiger partial charge in [0, 0.05) is 33.2 Å². The second kappa shape index (κ2) is 10.6. The summed E-state index contributed by atoms with van der Waals surface area (Å²) in [5, 5.41) is 16.8. The van der Waals surface area contributed by atoms with Crippen molar-refractivity contribution in [2.75, 3.05) is 39.5 Å². The van der Waals surface area contributed by atoms with Crippen LogP contribution in [0.3, 0.4) is 0 Å². The second-order valence-electron chi connectivity index (χ2n) is 7.28. The van der Waals surface area contributed by atoms with E-state index in [0.717, 1.165) is 55.6 Å². The molecular formula is C20H26ClF3N4O3. The standard InChI is InChI=1S/C20H26ClF3N4O3/c1-27-16(12-18(26-27)20(22,23)24)19(29)25-13-14-3-4-17(15(21)11-14)31-8-2-5-28-6-9-30-10-7-28/h3-4,11-12,19,25,29H,2,5-10,13H2,1H3. The van der Waals surface area contributed by atoms with Crippen LogP contribution >= 0.6 is 11.6 Å². The molecule has 1 aliphatic rings. The van der Waals surface area contributed by atoms with E-state index in [1.165, 1.54) is 7.05 Å². The average Bonchev–Trinajstić information content (AvgIpc) is 3.13. The van der Waals surface area contributed by atoms with Crippen molar-refractivity contribution in [1.29, 1.82) is 0 Å². The molecule has 2 aromatic rings. The molecular weight excluding hydrogens is 437 g/mol. The Labute approximate surface area is 183 Å². The second-order valence-corrected chi connectivity index (χ2v) is 7.69. The highest BCUT2D eigenvalue weighted by Crippen LogP contribution is 2.30. The van der Waals surface area contributed by atoms with E-state index in [9.17, 15) is 18.3 Å². The molecule has 2 heterocycles. The van der Waals surface area contributed by atoms with Gasteiger partial charge in [0.2, 0.25) is 0 Å². The maximum absolute atomic E-state index is 12.8. The number of benzene rings is 1. The summed E-state index contributed by atoms with van der Waals surface area (Å²) < 4.78 is 50.4. The summed E-state index contributed by atoms with van der Waals surface area (Å²) in [6.07, 6.45) is -5.01. The van der Waals surface area contributed by atoms with Gasteiger partial charge in [0.05, 0.1) is 30.5 Å². The van der Waals surface area contributed by atoms with E-state index < -0.39 is 18.1 Å². The van der Waals surface area contributed by atoms with Crippen LogP contribution in [0.2, 0.25) is 5.02 Å². The van der Waals surface area contributed by atoms with Crippen molar-refractivity contribution in [2.45, 2.75) is 25.4 Å².